The lowest BCUT2D eigenvalue weighted by atomic mass is 10.0. The van der Waals surface area contributed by atoms with Gasteiger partial charge in [0.15, 0.2) is 5.78 Å². The molecule has 4 nitrogen and oxygen atoms in total. The lowest BCUT2D eigenvalue weighted by Crippen LogP contribution is -2.05. The lowest BCUT2D eigenvalue weighted by molar-refractivity contribution is -0.120. The molecule has 0 aliphatic rings. The Morgan fingerprint density at radius 1 is 0.771 bits per heavy atom. The van der Waals surface area contributed by atoms with E-state index in [2.05, 4.69) is 0 Å². The third-order valence-electron chi connectivity index (χ3n) is 5.10. The highest BCUT2D eigenvalue weighted by molar-refractivity contribution is 6.08. The summed E-state index contributed by atoms with van der Waals surface area (Å²) >= 11 is 0. The van der Waals surface area contributed by atoms with Crippen molar-refractivity contribution in [2.75, 3.05) is 13.2 Å². The molecule has 0 aliphatic carbocycles. The van der Waals surface area contributed by atoms with Crippen LogP contribution >= 0.6 is 0 Å². The number of carbonyl (C=O) groups is 2. The van der Waals surface area contributed by atoms with Crippen molar-refractivity contribution in [1.82, 2.24) is 0 Å². The van der Waals surface area contributed by atoms with Crippen molar-refractivity contribution >= 4 is 11.6 Å². The number of para-hydroxylation sites is 1. The maximum absolute atomic E-state index is 12.9. The van der Waals surface area contributed by atoms with E-state index in [-0.39, 0.29) is 17.5 Å². The highest BCUT2D eigenvalue weighted by Crippen LogP contribution is 2.16. The van der Waals surface area contributed by atoms with Crippen LogP contribution in [0.15, 0.2) is 78.9 Å². The van der Waals surface area contributed by atoms with Gasteiger partial charge in [-0.1, -0.05) is 45.9 Å². The number of hydrogen-bond acceptors (Lipinski definition) is 4. The number of halogens is 1. The van der Waals surface area contributed by atoms with E-state index >= 15 is 0 Å². The first-order valence-electron chi connectivity index (χ1n) is 12.1. The first kappa shape index (κ1) is 29.6. The molecular formula is C30H37FO4. The van der Waals surface area contributed by atoms with E-state index in [0.717, 1.165) is 18.6 Å². The topological polar surface area (TPSA) is 52.6 Å². The molecular weight excluding hydrogens is 443 g/mol. The summed E-state index contributed by atoms with van der Waals surface area (Å²) in [6.45, 7) is 10.7. The van der Waals surface area contributed by atoms with Crippen molar-refractivity contribution in [3.8, 4) is 11.5 Å². The molecule has 0 aliphatic heterocycles. The minimum atomic E-state index is -0.360. The second kappa shape index (κ2) is 17.0. The van der Waals surface area contributed by atoms with Gasteiger partial charge in [0.25, 0.3) is 0 Å². The Morgan fingerprint density at radius 3 is 1.66 bits per heavy atom. The molecule has 3 aromatic rings. The van der Waals surface area contributed by atoms with Gasteiger partial charge in [-0.25, -0.2) is 4.39 Å². The van der Waals surface area contributed by atoms with E-state index in [0.29, 0.717) is 35.9 Å². The maximum atomic E-state index is 12.9. The average Bonchev–Trinajstić information content (AvgIpc) is 2.90. The molecule has 0 N–H and O–H groups in total. The van der Waals surface area contributed by atoms with Crippen molar-refractivity contribution in [2.45, 2.75) is 47.5 Å². The van der Waals surface area contributed by atoms with Crippen molar-refractivity contribution in [3.05, 3.63) is 95.8 Å². The normalized spacial score (nSPS) is 10.6. The number of rotatable bonds is 10. The monoisotopic (exact) mass is 480 g/mol. The van der Waals surface area contributed by atoms with Gasteiger partial charge >= 0.3 is 0 Å². The number of Topliss-reactive ketones (excluding diaryl/α,β-unsaturated/α-hetero) is 1. The van der Waals surface area contributed by atoms with E-state index in [1.54, 1.807) is 31.2 Å². The van der Waals surface area contributed by atoms with Crippen molar-refractivity contribution in [3.63, 3.8) is 0 Å². The van der Waals surface area contributed by atoms with Gasteiger partial charge in [-0.05, 0) is 74.0 Å². The minimum absolute atomic E-state index is 0.146. The zero-order valence-corrected chi connectivity index (χ0v) is 21.4. The Labute approximate surface area is 209 Å². The summed E-state index contributed by atoms with van der Waals surface area (Å²) in [5, 5.41) is 0. The Bertz CT molecular complexity index is 983. The molecule has 0 saturated carbocycles. The summed E-state index contributed by atoms with van der Waals surface area (Å²) in [7, 11) is 0. The summed E-state index contributed by atoms with van der Waals surface area (Å²) in [5.74, 6) is 1.59. The third kappa shape index (κ3) is 11.5. The number of benzene rings is 3. The predicted molar refractivity (Wildman–Crippen MR) is 140 cm³/mol. The SMILES string of the molecule is CC.CCC(C)C(C)=O.O=C(c1ccc(F)cc1)c1ccc(OCCCOc2ccccc2)cc1. The van der Waals surface area contributed by atoms with Crippen LogP contribution in [0.1, 0.15) is 63.4 Å². The standard InChI is InChI=1S/C22H19FO3.C6H12O.C2H6/c23-19-11-7-17(8-12-19)22(24)18-9-13-21(14-10-18)26-16-4-15-25-20-5-2-1-3-6-20;1-4-5(2)6(3)7;1-2/h1-3,5-14H,4,15-16H2;5H,4H2,1-3H3;1-2H3. The molecule has 1 unspecified atom stereocenters. The first-order chi connectivity index (χ1) is 16.9. The number of hydrogen-bond donors (Lipinski definition) is 0. The van der Waals surface area contributed by atoms with Gasteiger partial charge in [0.05, 0.1) is 13.2 Å². The quantitative estimate of drug-likeness (QED) is 0.222. The predicted octanol–water partition coefficient (Wildman–Crippen LogP) is 7.55. The Kier molecular flexibility index (Phi) is 14.4. The summed E-state index contributed by atoms with van der Waals surface area (Å²) in [4.78, 5) is 22.7. The van der Waals surface area contributed by atoms with E-state index in [1.165, 1.54) is 24.3 Å². The molecule has 0 heterocycles. The van der Waals surface area contributed by atoms with E-state index in [1.807, 2.05) is 58.0 Å². The molecule has 0 fully saturated rings. The van der Waals surface area contributed by atoms with Gasteiger partial charge in [-0.3, -0.25) is 9.59 Å². The number of ether oxygens (including phenoxy) is 2. The Morgan fingerprint density at radius 2 is 1.23 bits per heavy atom. The van der Waals surface area contributed by atoms with Crippen LogP contribution in [0.3, 0.4) is 0 Å². The number of ketones is 2. The van der Waals surface area contributed by atoms with Gasteiger partial charge < -0.3 is 9.47 Å². The minimum Gasteiger partial charge on any atom is -0.493 e. The summed E-state index contributed by atoms with van der Waals surface area (Å²) in [5.41, 5.74) is 0.995. The van der Waals surface area contributed by atoms with Crippen LogP contribution in [0.4, 0.5) is 4.39 Å². The zero-order valence-electron chi connectivity index (χ0n) is 21.4. The van der Waals surface area contributed by atoms with Crippen LogP contribution in [0.25, 0.3) is 0 Å². The van der Waals surface area contributed by atoms with E-state index < -0.39 is 0 Å². The fourth-order valence-corrected chi connectivity index (χ4v) is 2.71. The second-order valence-corrected chi connectivity index (χ2v) is 7.64. The van der Waals surface area contributed by atoms with Crippen molar-refractivity contribution in [2.24, 2.45) is 5.92 Å². The fraction of sp³-hybridized carbons (Fsp3) is 0.333. The molecule has 35 heavy (non-hydrogen) atoms. The molecule has 0 spiro atoms. The first-order valence-corrected chi connectivity index (χ1v) is 12.1. The molecule has 5 heteroatoms. The van der Waals surface area contributed by atoms with Crippen LogP contribution in [-0.4, -0.2) is 24.8 Å². The van der Waals surface area contributed by atoms with Crippen LogP contribution in [0.2, 0.25) is 0 Å². The zero-order chi connectivity index (χ0) is 26.1. The van der Waals surface area contributed by atoms with E-state index in [9.17, 15) is 14.0 Å². The molecule has 1 atom stereocenters. The molecule has 3 aromatic carbocycles. The van der Waals surface area contributed by atoms with Gasteiger partial charge in [0.2, 0.25) is 0 Å². The third-order valence-corrected chi connectivity index (χ3v) is 5.10. The molecule has 0 radical (unpaired) electrons. The maximum Gasteiger partial charge on any atom is 0.193 e. The molecule has 0 amide bonds. The Balaban J connectivity index is 0.000000587. The number of carbonyl (C=O) groups excluding carboxylic acids is 2. The highest BCUT2D eigenvalue weighted by atomic mass is 19.1. The summed E-state index contributed by atoms with van der Waals surface area (Å²) in [6, 6.07) is 22.1. The van der Waals surface area contributed by atoms with E-state index in [4.69, 9.17) is 9.47 Å². The summed E-state index contributed by atoms with van der Waals surface area (Å²) in [6.07, 6.45) is 1.72. The van der Waals surface area contributed by atoms with Gasteiger partial charge in [-0.2, -0.15) is 0 Å². The average molecular weight is 481 g/mol. The van der Waals surface area contributed by atoms with Crippen molar-refractivity contribution < 1.29 is 23.5 Å². The second-order valence-electron chi connectivity index (χ2n) is 7.64. The van der Waals surface area contributed by atoms with Crippen molar-refractivity contribution in [1.29, 1.82) is 0 Å². The molecule has 0 bridgehead atoms. The molecule has 3 rings (SSSR count). The molecule has 188 valence electrons. The van der Waals surface area contributed by atoms with Crippen LogP contribution in [0.5, 0.6) is 11.5 Å². The highest BCUT2D eigenvalue weighted by Gasteiger charge is 2.09. The van der Waals surface area contributed by atoms with Gasteiger partial charge in [0, 0.05) is 23.5 Å². The van der Waals surface area contributed by atoms with Crippen LogP contribution in [-0.2, 0) is 4.79 Å². The van der Waals surface area contributed by atoms with Crippen LogP contribution < -0.4 is 9.47 Å². The Hall–Kier alpha value is -3.47. The fourth-order valence-electron chi connectivity index (χ4n) is 2.71. The molecule has 0 saturated heterocycles. The largest absolute Gasteiger partial charge is 0.493 e. The van der Waals surface area contributed by atoms with Gasteiger partial charge in [0.1, 0.15) is 23.1 Å². The van der Waals surface area contributed by atoms with Gasteiger partial charge in [-0.15, -0.1) is 0 Å². The smallest absolute Gasteiger partial charge is 0.193 e. The summed E-state index contributed by atoms with van der Waals surface area (Å²) < 4.78 is 24.2. The molecule has 0 aromatic heterocycles. The van der Waals surface area contributed by atoms with Crippen LogP contribution in [0, 0.1) is 11.7 Å². The lowest BCUT2D eigenvalue weighted by Gasteiger charge is -2.08.